The lowest BCUT2D eigenvalue weighted by Crippen LogP contribution is -2.08. The summed E-state index contributed by atoms with van der Waals surface area (Å²) in [5.74, 6) is -0.0604. The molecule has 0 aromatic heterocycles. The van der Waals surface area contributed by atoms with Crippen LogP contribution in [-0.4, -0.2) is 12.6 Å². The van der Waals surface area contributed by atoms with Gasteiger partial charge in [-0.1, -0.05) is 60.1 Å². The largest absolute Gasteiger partial charge is 0.466 e. The molecule has 0 amide bonds. The molecule has 2 aromatic carbocycles. The van der Waals surface area contributed by atoms with E-state index in [9.17, 15) is 4.79 Å². The number of carbonyl (C=O) groups is 1. The standard InChI is InChI=1S/C18H19ClO2/c1-2-21-18(20)13-12-15(14-8-4-3-5-9-14)16-10-6-7-11-17(16)19/h3-11,15H,2,12-13H2,1H3. The second-order valence-electron chi connectivity index (χ2n) is 4.83. The summed E-state index contributed by atoms with van der Waals surface area (Å²) in [5, 5.41) is 0.732. The molecule has 0 heterocycles. The highest BCUT2D eigenvalue weighted by molar-refractivity contribution is 6.31. The quantitative estimate of drug-likeness (QED) is 0.715. The SMILES string of the molecule is CCOC(=O)CCC(c1ccccc1)c1ccccc1Cl. The maximum atomic E-state index is 11.6. The molecule has 0 aliphatic heterocycles. The lowest BCUT2D eigenvalue weighted by atomic mass is 9.87. The summed E-state index contributed by atoms with van der Waals surface area (Å²) in [6.45, 7) is 2.24. The molecule has 110 valence electrons. The summed E-state index contributed by atoms with van der Waals surface area (Å²) in [5.41, 5.74) is 2.21. The molecule has 21 heavy (non-hydrogen) atoms. The smallest absolute Gasteiger partial charge is 0.305 e. The molecule has 0 fully saturated rings. The van der Waals surface area contributed by atoms with Crippen molar-refractivity contribution in [3.05, 3.63) is 70.7 Å². The van der Waals surface area contributed by atoms with Crippen molar-refractivity contribution in [2.24, 2.45) is 0 Å². The fourth-order valence-electron chi connectivity index (χ4n) is 2.44. The van der Waals surface area contributed by atoms with E-state index in [0.717, 1.165) is 16.1 Å². The Morgan fingerprint density at radius 2 is 1.76 bits per heavy atom. The number of hydrogen-bond donors (Lipinski definition) is 0. The zero-order valence-electron chi connectivity index (χ0n) is 12.1. The van der Waals surface area contributed by atoms with Crippen molar-refractivity contribution in [1.29, 1.82) is 0 Å². The molecule has 0 bridgehead atoms. The van der Waals surface area contributed by atoms with Gasteiger partial charge in [-0.25, -0.2) is 0 Å². The molecule has 2 nitrogen and oxygen atoms in total. The van der Waals surface area contributed by atoms with Gasteiger partial charge in [-0.2, -0.15) is 0 Å². The Kier molecular flexibility index (Phi) is 5.82. The Morgan fingerprint density at radius 1 is 1.10 bits per heavy atom. The molecule has 3 heteroatoms. The zero-order valence-corrected chi connectivity index (χ0v) is 12.8. The van der Waals surface area contributed by atoms with Crippen LogP contribution in [0.25, 0.3) is 0 Å². The van der Waals surface area contributed by atoms with Gasteiger partial charge in [0.15, 0.2) is 0 Å². The molecule has 2 rings (SSSR count). The highest BCUT2D eigenvalue weighted by Gasteiger charge is 2.18. The third kappa shape index (κ3) is 4.33. The van der Waals surface area contributed by atoms with Crippen LogP contribution in [0.15, 0.2) is 54.6 Å². The van der Waals surface area contributed by atoms with Crippen molar-refractivity contribution < 1.29 is 9.53 Å². The van der Waals surface area contributed by atoms with Gasteiger partial charge in [0.2, 0.25) is 0 Å². The van der Waals surface area contributed by atoms with Gasteiger partial charge in [0.05, 0.1) is 6.61 Å². The maximum Gasteiger partial charge on any atom is 0.305 e. The fraction of sp³-hybridized carbons (Fsp3) is 0.278. The van der Waals surface area contributed by atoms with Gasteiger partial charge >= 0.3 is 5.97 Å². The van der Waals surface area contributed by atoms with Crippen molar-refractivity contribution in [1.82, 2.24) is 0 Å². The molecular formula is C18H19ClO2. The lowest BCUT2D eigenvalue weighted by molar-refractivity contribution is -0.143. The van der Waals surface area contributed by atoms with E-state index in [2.05, 4.69) is 12.1 Å². The van der Waals surface area contributed by atoms with Crippen molar-refractivity contribution in [3.63, 3.8) is 0 Å². The van der Waals surface area contributed by atoms with Crippen LogP contribution in [-0.2, 0) is 9.53 Å². The van der Waals surface area contributed by atoms with Crippen LogP contribution >= 0.6 is 11.6 Å². The molecule has 0 radical (unpaired) electrons. The molecule has 0 spiro atoms. The summed E-state index contributed by atoms with van der Waals surface area (Å²) in [6, 6.07) is 17.9. The third-order valence-electron chi connectivity index (χ3n) is 3.43. The van der Waals surface area contributed by atoms with E-state index >= 15 is 0 Å². The van der Waals surface area contributed by atoms with Crippen LogP contribution in [0.3, 0.4) is 0 Å². The normalized spacial score (nSPS) is 11.9. The number of ether oxygens (including phenoxy) is 1. The predicted molar refractivity (Wildman–Crippen MR) is 85.6 cm³/mol. The van der Waals surface area contributed by atoms with E-state index in [4.69, 9.17) is 16.3 Å². The minimum absolute atomic E-state index is 0.101. The number of esters is 1. The van der Waals surface area contributed by atoms with Gasteiger partial charge < -0.3 is 4.74 Å². The highest BCUT2D eigenvalue weighted by atomic mass is 35.5. The second kappa shape index (κ2) is 7.84. The molecule has 1 unspecified atom stereocenters. The van der Waals surface area contributed by atoms with Gasteiger partial charge in [0.1, 0.15) is 0 Å². The van der Waals surface area contributed by atoms with Crippen molar-refractivity contribution in [2.75, 3.05) is 6.61 Å². The second-order valence-corrected chi connectivity index (χ2v) is 5.24. The van der Waals surface area contributed by atoms with Gasteiger partial charge in [0.25, 0.3) is 0 Å². The van der Waals surface area contributed by atoms with E-state index in [1.165, 1.54) is 0 Å². The van der Waals surface area contributed by atoms with Crippen molar-refractivity contribution >= 4 is 17.6 Å². The summed E-state index contributed by atoms with van der Waals surface area (Å²) in [7, 11) is 0. The number of rotatable bonds is 6. The Hall–Kier alpha value is -1.80. The zero-order chi connectivity index (χ0) is 15.1. The molecule has 0 aliphatic rings. The first-order chi connectivity index (χ1) is 10.2. The molecule has 0 aliphatic carbocycles. The van der Waals surface area contributed by atoms with E-state index in [1.54, 1.807) is 0 Å². The monoisotopic (exact) mass is 302 g/mol. The van der Waals surface area contributed by atoms with Gasteiger partial charge in [-0.05, 0) is 30.5 Å². The van der Waals surface area contributed by atoms with Gasteiger partial charge in [-0.15, -0.1) is 0 Å². The summed E-state index contributed by atoms with van der Waals surface area (Å²) in [6.07, 6.45) is 1.07. The molecule has 0 saturated heterocycles. The fourth-order valence-corrected chi connectivity index (χ4v) is 2.71. The van der Waals surface area contributed by atoms with Crippen LogP contribution in [0.5, 0.6) is 0 Å². The highest BCUT2D eigenvalue weighted by Crippen LogP contribution is 2.33. The maximum absolute atomic E-state index is 11.6. The average Bonchev–Trinajstić information content (AvgIpc) is 2.50. The minimum Gasteiger partial charge on any atom is -0.466 e. The predicted octanol–water partition coefficient (Wildman–Crippen LogP) is 4.82. The third-order valence-corrected chi connectivity index (χ3v) is 3.77. The van der Waals surface area contributed by atoms with E-state index in [-0.39, 0.29) is 11.9 Å². The first kappa shape index (κ1) is 15.6. The molecular weight excluding hydrogens is 284 g/mol. The average molecular weight is 303 g/mol. The van der Waals surface area contributed by atoms with Crippen molar-refractivity contribution in [3.8, 4) is 0 Å². The molecule has 2 aromatic rings. The van der Waals surface area contributed by atoms with Crippen LogP contribution in [0, 0.1) is 0 Å². The number of hydrogen-bond acceptors (Lipinski definition) is 2. The lowest BCUT2D eigenvalue weighted by Gasteiger charge is -2.19. The summed E-state index contributed by atoms with van der Waals surface area (Å²) in [4.78, 5) is 11.6. The van der Waals surface area contributed by atoms with E-state index in [1.807, 2.05) is 49.4 Å². The van der Waals surface area contributed by atoms with Crippen LogP contribution in [0.2, 0.25) is 5.02 Å². The van der Waals surface area contributed by atoms with Gasteiger partial charge in [-0.3, -0.25) is 4.79 Å². The van der Waals surface area contributed by atoms with E-state index in [0.29, 0.717) is 19.4 Å². The molecule has 0 saturated carbocycles. The Bertz CT molecular complexity index is 581. The van der Waals surface area contributed by atoms with Crippen LogP contribution in [0.1, 0.15) is 36.8 Å². The Balaban J connectivity index is 2.23. The topological polar surface area (TPSA) is 26.3 Å². The Morgan fingerprint density at radius 3 is 2.43 bits per heavy atom. The molecule has 0 N–H and O–H groups in total. The van der Waals surface area contributed by atoms with Crippen molar-refractivity contribution in [2.45, 2.75) is 25.7 Å². The van der Waals surface area contributed by atoms with E-state index < -0.39 is 0 Å². The summed E-state index contributed by atoms with van der Waals surface area (Å²) >= 11 is 6.33. The minimum atomic E-state index is -0.162. The summed E-state index contributed by atoms with van der Waals surface area (Å²) < 4.78 is 5.02. The van der Waals surface area contributed by atoms with Crippen LogP contribution in [0.4, 0.5) is 0 Å². The number of benzene rings is 2. The van der Waals surface area contributed by atoms with Crippen LogP contribution < -0.4 is 0 Å². The number of carbonyl (C=O) groups excluding carboxylic acids is 1. The molecule has 1 atom stereocenters. The first-order valence-corrected chi connectivity index (χ1v) is 7.55. The first-order valence-electron chi connectivity index (χ1n) is 7.17. The number of halogens is 1. The Labute approximate surface area is 130 Å². The van der Waals surface area contributed by atoms with Gasteiger partial charge in [0, 0.05) is 17.4 Å².